The van der Waals surface area contributed by atoms with Gasteiger partial charge in [-0.3, -0.25) is 4.79 Å². The molecule has 0 bridgehead atoms. The number of carbonyl (C=O) groups is 1. The van der Waals surface area contributed by atoms with Crippen molar-refractivity contribution >= 4 is 33.2 Å². The molecule has 0 unspecified atom stereocenters. The van der Waals surface area contributed by atoms with Gasteiger partial charge in [0.2, 0.25) is 0 Å². The first-order valence-electron chi connectivity index (χ1n) is 7.68. The Morgan fingerprint density at radius 3 is 2.55 bits per heavy atom. The smallest absolute Gasteiger partial charge is 0.258 e. The highest BCUT2D eigenvalue weighted by Gasteiger charge is 2.26. The van der Waals surface area contributed by atoms with E-state index in [9.17, 15) is 4.79 Å². The van der Waals surface area contributed by atoms with E-state index in [1.165, 1.54) is 17.7 Å². The summed E-state index contributed by atoms with van der Waals surface area (Å²) in [5.74, 6) is 0.106. The van der Waals surface area contributed by atoms with Gasteiger partial charge in [-0.15, -0.1) is 0 Å². The lowest BCUT2D eigenvalue weighted by molar-refractivity contribution is 0.0980. The van der Waals surface area contributed by atoms with Gasteiger partial charge >= 0.3 is 0 Å². The Hall–Kier alpha value is -1.81. The van der Waals surface area contributed by atoms with Gasteiger partial charge in [0.1, 0.15) is 0 Å². The zero-order valence-electron chi connectivity index (χ0n) is 12.3. The summed E-state index contributed by atoms with van der Waals surface area (Å²) in [6.07, 6.45) is 2.18. The molecule has 1 amide bonds. The minimum Gasteiger partial charge on any atom is -0.371 e. The van der Waals surface area contributed by atoms with Crippen LogP contribution >= 0.6 is 15.9 Å². The summed E-state index contributed by atoms with van der Waals surface area (Å²) in [5.41, 5.74) is 4.24. The molecular weight excluding hydrogens is 340 g/mol. The van der Waals surface area contributed by atoms with Crippen LogP contribution in [-0.4, -0.2) is 25.5 Å². The van der Waals surface area contributed by atoms with E-state index < -0.39 is 0 Å². The van der Waals surface area contributed by atoms with E-state index >= 15 is 0 Å². The van der Waals surface area contributed by atoms with Crippen LogP contribution in [0.4, 0.5) is 11.4 Å². The maximum absolute atomic E-state index is 12.8. The van der Waals surface area contributed by atoms with Crippen LogP contribution in [0, 0.1) is 0 Å². The van der Waals surface area contributed by atoms with E-state index in [0.717, 1.165) is 41.8 Å². The molecule has 0 atom stereocenters. The van der Waals surface area contributed by atoms with Crippen molar-refractivity contribution < 1.29 is 4.79 Å². The van der Waals surface area contributed by atoms with Crippen molar-refractivity contribution in [1.29, 1.82) is 0 Å². The predicted molar refractivity (Wildman–Crippen MR) is 92.8 cm³/mol. The number of rotatable bonds is 2. The lowest BCUT2D eigenvalue weighted by Crippen LogP contribution is -2.39. The first kappa shape index (κ1) is 13.8. The van der Waals surface area contributed by atoms with Gasteiger partial charge in [-0.2, -0.15) is 0 Å². The Morgan fingerprint density at radius 1 is 0.955 bits per heavy atom. The van der Waals surface area contributed by atoms with Crippen LogP contribution in [-0.2, 0) is 6.42 Å². The lowest BCUT2D eigenvalue weighted by Gasteiger charge is -2.35. The Balaban J connectivity index is 1.65. The molecule has 0 radical (unpaired) electrons. The van der Waals surface area contributed by atoms with Gasteiger partial charge in [0.15, 0.2) is 0 Å². The highest BCUT2D eigenvalue weighted by Crippen LogP contribution is 2.30. The molecule has 0 aliphatic carbocycles. The van der Waals surface area contributed by atoms with Crippen LogP contribution in [0.3, 0.4) is 0 Å². The quantitative estimate of drug-likeness (QED) is 0.815. The van der Waals surface area contributed by atoms with E-state index in [2.05, 4.69) is 33.0 Å². The molecule has 2 aromatic carbocycles. The third kappa shape index (κ3) is 2.31. The third-order valence-corrected chi connectivity index (χ3v) is 5.00. The van der Waals surface area contributed by atoms with Crippen molar-refractivity contribution in [2.45, 2.75) is 12.8 Å². The molecule has 0 spiro atoms. The topological polar surface area (TPSA) is 23.6 Å². The summed E-state index contributed by atoms with van der Waals surface area (Å²) in [7, 11) is 0. The van der Waals surface area contributed by atoms with E-state index in [-0.39, 0.29) is 5.91 Å². The summed E-state index contributed by atoms with van der Waals surface area (Å²) < 4.78 is 0.997. The van der Waals surface area contributed by atoms with Crippen molar-refractivity contribution in [2.24, 2.45) is 0 Å². The molecule has 2 aromatic rings. The van der Waals surface area contributed by atoms with E-state index in [1.807, 2.05) is 35.2 Å². The molecule has 112 valence electrons. The minimum atomic E-state index is 0.106. The van der Waals surface area contributed by atoms with Crippen LogP contribution in [0.1, 0.15) is 22.3 Å². The van der Waals surface area contributed by atoms with Crippen LogP contribution < -0.4 is 9.80 Å². The summed E-state index contributed by atoms with van der Waals surface area (Å²) in [5, 5.41) is 0. The number of anilines is 2. The maximum Gasteiger partial charge on any atom is 0.258 e. The molecule has 0 saturated carbocycles. The van der Waals surface area contributed by atoms with Gasteiger partial charge in [-0.25, -0.2) is 0 Å². The van der Waals surface area contributed by atoms with E-state index in [1.54, 1.807) is 0 Å². The zero-order valence-corrected chi connectivity index (χ0v) is 13.8. The molecule has 1 saturated heterocycles. The molecule has 1 fully saturated rings. The van der Waals surface area contributed by atoms with Gasteiger partial charge in [0, 0.05) is 41.0 Å². The summed E-state index contributed by atoms with van der Waals surface area (Å²) in [6.45, 7) is 3.01. The summed E-state index contributed by atoms with van der Waals surface area (Å²) in [4.78, 5) is 17.0. The second-order valence-electron chi connectivity index (χ2n) is 5.87. The monoisotopic (exact) mass is 356 g/mol. The summed E-state index contributed by atoms with van der Waals surface area (Å²) in [6, 6.07) is 14.2. The fourth-order valence-corrected chi connectivity index (χ4v) is 3.52. The molecule has 4 heteroatoms. The lowest BCUT2D eigenvalue weighted by atomic mass is 9.97. The molecule has 22 heavy (non-hydrogen) atoms. The number of hydrogen-bond donors (Lipinski definition) is 0. The molecule has 0 N–H and O–H groups in total. The molecule has 3 nitrogen and oxygen atoms in total. The van der Waals surface area contributed by atoms with Gasteiger partial charge in [-0.1, -0.05) is 22.0 Å². The number of amides is 1. The zero-order chi connectivity index (χ0) is 15.1. The first-order valence-corrected chi connectivity index (χ1v) is 8.47. The Labute approximate surface area is 138 Å². The standard InChI is InChI=1S/C18H17BrN2O/c19-14-3-1-4-16(12-14)21-10-7-13-11-15(20-8-2-9-20)5-6-17(13)18(21)22/h1,3-6,11-12H,2,7-10H2. The molecule has 2 heterocycles. The number of benzene rings is 2. The van der Waals surface area contributed by atoms with Crippen LogP contribution in [0.2, 0.25) is 0 Å². The van der Waals surface area contributed by atoms with Crippen LogP contribution in [0.25, 0.3) is 0 Å². The highest BCUT2D eigenvalue weighted by molar-refractivity contribution is 9.10. The van der Waals surface area contributed by atoms with Crippen LogP contribution in [0.15, 0.2) is 46.9 Å². The highest BCUT2D eigenvalue weighted by atomic mass is 79.9. The van der Waals surface area contributed by atoms with E-state index in [4.69, 9.17) is 0 Å². The number of carbonyl (C=O) groups excluding carboxylic acids is 1. The van der Waals surface area contributed by atoms with Crippen molar-refractivity contribution in [3.05, 3.63) is 58.1 Å². The molecular formula is C18H17BrN2O. The molecule has 2 aliphatic heterocycles. The van der Waals surface area contributed by atoms with Crippen molar-refractivity contribution in [2.75, 3.05) is 29.4 Å². The third-order valence-electron chi connectivity index (χ3n) is 4.51. The average molecular weight is 357 g/mol. The van der Waals surface area contributed by atoms with Crippen molar-refractivity contribution in [1.82, 2.24) is 0 Å². The number of halogens is 1. The minimum absolute atomic E-state index is 0.106. The van der Waals surface area contributed by atoms with Crippen LogP contribution in [0.5, 0.6) is 0 Å². The van der Waals surface area contributed by atoms with Gasteiger partial charge in [-0.05, 0) is 54.8 Å². The predicted octanol–water partition coefficient (Wildman–Crippen LogP) is 3.86. The number of fused-ring (bicyclic) bond motifs is 1. The van der Waals surface area contributed by atoms with Gasteiger partial charge < -0.3 is 9.80 Å². The normalized spacial score (nSPS) is 17.2. The Bertz CT molecular complexity index is 740. The van der Waals surface area contributed by atoms with Crippen molar-refractivity contribution in [3.63, 3.8) is 0 Å². The Kier molecular flexibility index (Phi) is 3.41. The largest absolute Gasteiger partial charge is 0.371 e. The maximum atomic E-state index is 12.8. The number of nitrogens with zero attached hydrogens (tertiary/aromatic N) is 2. The average Bonchev–Trinajstić information content (AvgIpc) is 2.46. The fourth-order valence-electron chi connectivity index (χ4n) is 3.14. The molecule has 2 aliphatic rings. The van der Waals surface area contributed by atoms with Gasteiger partial charge in [0.05, 0.1) is 0 Å². The van der Waals surface area contributed by atoms with Gasteiger partial charge in [0.25, 0.3) is 5.91 Å². The fraction of sp³-hybridized carbons (Fsp3) is 0.278. The van der Waals surface area contributed by atoms with E-state index in [0.29, 0.717) is 0 Å². The second-order valence-corrected chi connectivity index (χ2v) is 6.78. The van der Waals surface area contributed by atoms with Crippen molar-refractivity contribution in [3.8, 4) is 0 Å². The number of hydrogen-bond acceptors (Lipinski definition) is 2. The molecule has 0 aromatic heterocycles. The first-order chi connectivity index (χ1) is 10.7. The Morgan fingerprint density at radius 2 is 1.82 bits per heavy atom. The summed E-state index contributed by atoms with van der Waals surface area (Å²) >= 11 is 3.48. The molecule has 4 rings (SSSR count). The SMILES string of the molecule is O=C1c2ccc(N3CCC3)cc2CCN1c1cccc(Br)c1. The second kappa shape index (κ2) is 5.43.